The summed E-state index contributed by atoms with van der Waals surface area (Å²) in [5.74, 6) is 0.143. The first-order valence-electron chi connectivity index (χ1n) is 7.38. The van der Waals surface area contributed by atoms with Gasteiger partial charge in [-0.1, -0.05) is 0 Å². The highest BCUT2D eigenvalue weighted by Crippen LogP contribution is 2.31. The summed E-state index contributed by atoms with van der Waals surface area (Å²) < 4.78 is 2.23. The highest BCUT2D eigenvalue weighted by molar-refractivity contribution is 5.63. The zero-order valence-electron chi connectivity index (χ0n) is 12.6. The minimum atomic E-state index is -0.833. The molecule has 6 nitrogen and oxygen atoms in total. The van der Waals surface area contributed by atoms with Crippen molar-refractivity contribution in [2.24, 2.45) is 0 Å². The van der Waals surface area contributed by atoms with Crippen molar-refractivity contribution >= 4 is 5.97 Å². The van der Waals surface area contributed by atoms with Gasteiger partial charge in [0.05, 0.1) is 6.10 Å². The van der Waals surface area contributed by atoms with E-state index >= 15 is 0 Å². The van der Waals surface area contributed by atoms with Gasteiger partial charge < -0.3 is 14.8 Å². The van der Waals surface area contributed by atoms with Gasteiger partial charge in [0.1, 0.15) is 5.82 Å². The molecule has 2 aromatic heterocycles. The first-order chi connectivity index (χ1) is 10.6. The van der Waals surface area contributed by atoms with Crippen LogP contribution in [0.4, 0.5) is 0 Å². The van der Waals surface area contributed by atoms with E-state index in [1.807, 2.05) is 30.7 Å². The van der Waals surface area contributed by atoms with Crippen LogP contribution < -0.4 is 0 Å². The molecule has 0 unspecified atom stereocenters. The van der Waals surface area contributed by atoms with Gasteiger partial charge in [0.2, 0.25) is 0 Å². The van der Waals surface area contributed by atoms with Crippen LogP contribution in [0.1, 0.15) is 38.6 Å². The number of rotatable bonds is 2. The van der Waals surface area contributed by atoms with Crippen molar-refractivity contribution in [3.8, 4) is 11.4 Å². The number of pyridine rings is 1. The van der Waals surface area contributed by atoms with Crippen LogP contribution in [0.3, 0.4) is 0 Å². The Morgan fingerprint density at radius 2 is 1.95 bits per heavy atom. The van der Waals surface area contributed by atoms with E-state index in [2.05, 4.69) is 14.5 Å². The molecule has 1 aliphatic carbocycles. The van der Waals surface area contributed by atoms with Crippen molar-refractivity contribution in [2.75, 3.05) is 0 Å². The van der Waals surface area contributed by atoms with Crippen LogP contribution in [0.15, 0.2) is 36.9 Å². The monoisotopic (exact) mass is 303 g/mol. The van der Waals surface area contributed by atoms with Crippen LogP contribution >= 0.6 is 0 Å². The molecule has 2 aromatic rings. The molecule has 118 valence electrons. The van der Waals surface area contributed by atoms with Crippen LogP contribution in [0.25, 0.3) is 11.4 Å². The smallest absolute Gasteiger partial charge is 0.300 e. The summed E-state index contributed by atoms with van der Waals surface area (Å²) in [5, 5.41) is 17.0. The molecule has 0 aromatic carbocycles. The van der Waals surface area contributed by atoms with E-state index in [4.69, 9.17) is 9.90 Å². The van der Waals surface area contributed by atoms with Crippen LogP contribution in [0, 0.1) is 0 Å². The standard InChI is InChI=1S/C14H17N3O.C2H4O2/c18-13-5-3-12(4-6-13)17-9-8-16-14(17)11-2-1-7-15-10-11;1-2(3)4/h1-2,7-10,12-13,18H,3-6H2;1H3,(H,3,4). The van der Waals surface area contributed by atoms with Gasteiger partial charge in [0, 0.05) is 43.3 Å². The highest BCUT2D eigenvalue weighted by atomic mass is 16.4. The fourth-order valence-corrected chi connectivity index (χ4v) is 2.66. The van der Waals surface area contributed by atoms with Crippen LogP contribution in [0.2, 0.25) is 0 Å². The third-order valence-corrected chi connectivity index (χ3v) is 3.65. The molecule has 22 heavy (non-hydrogen) atoms. The van der Waals surface area contributed by atoms with E-state index in [9.17, 15) is 5.11 Å². The summed E-state index contributed by atoms with van der Waals surface area (Å²) in [7, 11) is 0. The molecule has 0 aliphatic heterocycles. The van der Waals surface area contributed by atoms with Gasteiger partial charge in [0.15, 0.2) is 0 Å². The zero-order chi connectivity index (χ0) is 15.9. The van der Waals surface area contributed by atoms with E-state index in [1.165, 1.54) is 0 Å². The lowest BCUT2D eigenvalue weighted by molar-refractivity contribution is -0.134. The minimum Gasteiger partial charge on any atom is -0.481 e. The van der Waals surface area contributed by atoms with Gasteiger partial charge in [-0.15, -0.1) is 0 Å². The lowest BCUT2D eigenvalue weighted by atomic mass is 9.93. The molecule has 0 saturated heterocycles. The molecule has 0 atom stereocenters. The fraction of sp³-hybridized carbons (Fsp3) is 0.438. The predicted octanol–water partition coefficient (Wildman–Crippen LogP) is 2.51. The van der Waals surface area contributed by atoms with Crippen molar-refractivity contribution in [1.29, 1.82) is 0 Å². The van der Waals surface area contributed by atoms with E-state index < -0.39 is 5.97 Å². The second-order valence-corrected chi connectivity index (χ2v) is 5.38. The van der Waals surface area contributed by atoms with Crippen molar-refractivity contribution in [3.63, 3.8) is 0 Å². The molecule has 3 rings (SSSR count). The second-order valence-electron chi connectivity index (χ2n) is 5.38. The number of aromatic nitrogens is 3. The average molecular weight is 303 g/mol. The molecule has 0 spiro atoms. The summed E-state index contributed by atoms with van der Waals surface area (Å²) in [4.78, 5) is 17.6. The SMILES string of the molecule is CC(=O)O.OC1CCC(n2ccnc2-c2cccnc2)CC1. The number of carboxylic acid groups (broad SMARTS) is 1. The molecule has 2 N–H and O–H groups in total. The molecule has 1 fully saturated rings. The topological polar surface area (TPSA) is 88.2 Å². The number of carboxylic acids is 1. The Morgan fingerprint density at radius 1 is 1.27 bits per heavy atom. The van der Waals surface area contributed by atoms with Crippen molar-refractivity contribution < 1.29 is 15.0 Å². The van der Waals surface area contributed by atoms with Crippen LogP contribution in [0.5, 0.6) is 0 Å². The number of aliphatic hydroxyl groups is 1. The summed E-state index contributed by atoms with van der Waals surface area (Å²) in [6, 6.07) is 4.41. The third kappa shape index (κ3) is 4.39. The normalized spacial score (nSPS) is 20.8. The maximum atomic E-state index is 9.58. The van der Waals surface area contributed by atoms with Gasteiger partial charge in [-0.3, -0.25) is 9.78 Å². The lowest BCUT2D eigenvalue weighted by Crippen LogP contribution is -2.21. The number of hydrogen-bond donors (Lipinski definition) is 2. The van der Waals surface area contributed by atoms with Crippen molar-refractivity contribution in [2.45, 2.75) is 44.8 Å². The molecule has 6 heteroatoms. The first kappa shape index (κ1) is 16.2. The first-order valence-corrected chi connectivity index (χ1v) is 7.38. The lowest BCUT2D eigenvalue weighted by Gasteiger charge is -2.27. The summed E-state index contributed by atoms with van der Waals surface area (Å²) in [5.41, 5.74) is 1.05. The van der Waals surface area contributed by atoms with E-state index in [1.54, 1.807) is 6.20 Å². The Kier molecular flexibility index (Phi) is 5.66. The molecule has 1 saturated carbocycles. The van der Waals surface area contributed by atoms with Gasteiger partial charge in [-0.25, -0.2) is 4.98 Å². The molecular weight excluding hydrogens is 282 g/mol. The van der Waals surface area contributed by atoms with Gasteiger partial charge in [0.25, 0.3) is 5.97 Å². The quantitative estimate of drug-likeness (QED) is 0.890. The number of nitrogens with zero attached hydrogens (tertiary/aromatic N) is 3. The predicted molar refractivity (Wildman–Crippen MR) is 82.3 cm³/mol. The molecule has 0 amide bonds. The fourth-order valence-electron chi connectivity index (χ4n) is 2.66. The van der Waals surface area contributed by atoms with Crippen LogP contribution in [-0.4, -0.2) is 36.8 Å². The highest BCUT2D eigenvalue weighted by Gasteiger charge is 2.22. The number of carbonyl (C=O) groups is 1. The average Bonchev–Trinajstić information content (AvgIpc) is 2.98. The van der Waals surface area contributed by atoms with E-state index in [-0.39, 0.29) is 6.10 Å². The maximum Gasteiger partial charge on any atom is 0.300 e. The number of aliphatic hydroxyl groups excluding tert-OH is 1. The zero-order valence-corrected chi connectivity index (χ0v) is 12.6. The van der Waals surface area contributed by atoms with Crippen LogP contribution in [-0.2, 0) is 4.79 Å². The number of hydrogen-bond acceptors (Lipinski definition) is 4. The molecule has 2 heterocycles. The third-order valence-electron chi connectivity index (χ3n) is 3.65. The molecule has 0 bridgehead atoms. The van der Waals surface area contributed by atoms with Gasteiger partial charge in [-0.05, 0) is 37.8 Å². The number of imidazole rings is 1. The Labute approximate surface area is 129 Å². The molecule has 0 radical (unpaired) electrons. The minimum absolute atomic E-state index is 0.119. The van der Waals surface area contributed by atoms with E-state index in [0.717, 1.165) is 44.0 Å². The van der Waals surface area contributed by atoms with Crippen molar-refractivity contribution in [1.82, 2.24) is 14.5 Å². The largest absolute Gasteiger partial charge is 0.481 e. The Bertz CT molecular complexity index is 586. The molecule has 1 aliphatic rings. The summed E-state index contributed by atoms with van der Waals surface area (Å²) in [6.45, 7) is 1.08. The van der Waals surface area contributed by atoms with E-state index in [0.29, 0.717) is 6.04 Å². The Hall–Kier alpha value is -2.21. The summed E-state index contributed by atoms with van der Waals surface area (Å²) >= 11 is 0. The Morgan fingerprint density at radius 3 is 2.55 bits per heavy atom. The molecular formula is C16H21N3O3. The second kappa shape index (κ2) is 7.70. The van der Waals surface area contributed by atoms with Crippen molar-refractivity contribution in [3.05, 3.63) is 36.9 Å². The summed E-state index contributed by atoms with van der Waals surface area (Å²) in [6.07, 6.45) is 11.2. The Balaban J connectivity index is 0.000000396. The van der Waals surface area contributed by atoms with Gasteiger partial charge >= 0.3 is 0 Å². The number of aliphatic carboxylic acids is 1. The van der Waals surface area contributed by atoms with Gasteiger partial charge in [-0.2, -0.15) is 0 Å². The maximum absolute atomic E-state index is 9.58.